The molecule has 0 aliphatic heterocycles. The summed E-state index contributed by atoms with van der Waals surface area (Å²) in [5.41, 5.74) is -0.00855. The molecule has 0 saturated heterocycles. The van der Waals surface area contributed by atoms with Gasteiger partial charge < -0.3 is 0 Å². The predicted molar refractivity (Wildman–Crippen MR) is 145 cm³/mol. The monoisotopic (exact) mass is 457 g/mol. The molecule has 0 bridgehead atoms. The van der Waals surface area contributed by atoms with Crippen molar-refractivity contribution in [3.63, 3.8) is 0 Å². The zero-order chi connectivity index (χ0) is 23.8. The molecular formula is C29H56NNaO. The van der Waals surface area contributed by atoms with E-state index in [1.807, 2.05) is 0 Å². The number of nitrogens with one attached hydrogen (secondary N) is 1. The van der Waals surface area contributed by atoms with Crippen molar-refractivity contribution in [2.24, 2.45) is 0 Å². The van der Waals surface area contributed by atoms with Crippen LogP contribution in [0.4, 0.5) is 0 Å². The first-order chi connectivity index (χ1) is 15.6. The number of hydrogen-bond donors (Lipinski definition) is 1. The van der Waals surface area contributed by atoms with E-state index in [4.69, 9.17) is 0 Å². The van der Waals surface area contributed by atoms with Crippen LogP contribution in [0, 0.1) is 0 Å². The summed E-state index contributed by atoms with van der Waals surface area (Å²) in [5.74, 6) is -0.0214. The van der Waals surface area contributed by atoms with E-state index in [-0.39, 0.29) is 11.4 Å². The molecule has 0 radical (unpaired) electrons. The van der Waals surface area contributed by atoms with Crippen LogP contribution in [-0.4, -0.2) is 39.4 Å². The van der Waals surface area contributed by atoms with E-state index in [1.54, 1.807) is 0 Å². The predicted octanol–water partition coefficient (Wildman–Crippen LogP) is 9.24. The van der Waals surface area contributed by atoms with Crippen LogP contribution in [0.3, 0.4) is 0 Å². The topological polar surface area (TPSA) is 29.1 Å². The van der Waals surface area contributed by atoms with Crippen LogP contribution < -0.4 is 5.32 Å². The Morgan fingerprint density at radius 3 is 1.28 bits per heavy atom. The number of carbonyl (C=O) groups excluding carboxylic acids is 1. The van der Waals surface area contributed by atoms with Crippen molar-refractivity contribution >= 4 is 33.8 Å². The second-order valence-electron chi connectivity index (χ2n) is 10.4. The molecule has 0 aromatic heterocycles. The van der Waals surface area contributed by atoms with E-state index < -0.39 is 0 Å². The maximum absolute atomic E-state index is 11.6. The quantitative estimate of drug-likeness (QED) is 0.0826. The Labute approximate surface area is 220 Å². The van der Waals surface area contributed by atoms with E-state index in [0.717, 1.165) is 38.0 Å². The normalized spacial score (nSPS) is 13.1. The van der Waals surface area contributed by atoms with Gasteiger partial charge in [-0.3, -0.25) is 0 Å². The number of rotatable bonds is 25. The van der Waals surface area contributed by atoms with Crippen molar-refractivity contribution in [1.29, 1.82) is 0 Å². The molecule has 32 heavy (non-hydrogen) atoms. The Bertz CT molecular complexity index is 425. The first-order valence-corrected chi connectivity index (χ1v) is 15.9. The third-order valence-corrected chi connectivity index (χ3v) is 8.78. The molecule has 0 saturated carbocycles. The molecule has 1 atom stereocenters. The molecule has 0 spiro atoms. The van der Waals surface area contributed by atoms with Gasteiger partial charge in [0.1, 0.15) is 0 Å². The molecular weight excluding hydrogens is 401 g/mol. The Hall–Kier alpha value is 0.210. The molecule has 2 nitrogen and oxygen atoms in total. The zero-order valence-electron chi connectivity index (χ0n) is 22.5. The van der Waals surface area contributed by atoms with Crippen LogP contribution in [0.5, 0.6) is 0 Å². The van der Waals surface area contributed by atoms with E-state index >= 15 is 0 Å². The fourth-order valence-corrected chi connectivity index (χ4v) is 5.15. The smallest absolute Gasteiger partial charge is 0.0654 e. The second kappa shape index (κ2) is 24.3. The summed E-state index contributed by atoms with van der Waals surface area (Å²) >= 11 is 1.13. The van der Waals surface area contributed by atoms with Gasteiger partial charge in [-0.1, -0.05) is 84.0 Å². The number of hydrogen-bond acceptors (Lipinski definition) is 1. The zero-order valence-corrected chi connectivity index (χ0v) is 24.5. The van der Waals surface area contributed by atoms with Crippen LogP contribution in [0.25, 0.3) is 0 Å². The van der Waals surface area contributed by atoms with Crippen molar-refractivity contribution in [3.05, 3.63) is 12.7 Å². The van der Waals surface area contributed by atoms with E-state index in [9.17, 15) is 4.79 Å². The van der Waals surface area contributed by atoms with Crippen molar-refractivity contribution < 1.29 is 4.79 Å². The van der Waals surface area contributed by atoms with Gasteiger partial charge in [0.25, 0.3) is 0 Å². The van der Waals surface area contributed by atoms with Crippen LogP contribution in [0.2, 0.25) is 3.67 Å². The van der Waals surface area contributed by atoms with Gasteiger partial charge in [-0.25, -0.2) is 0 Å². The van der Waals surface area contributed by atoms with E-state index in [2.05, 4.69) is 25.7 Å². The van der Waals surface area contributed by atoms with Gasteiger partial charge in [0.15, 0.2) is 0 Å². The van der Waals surface area contributed by atoms with Crippen LogP contribution in [0.15, 0.2) is 12.7 Å². The van der Waals surface area contributed by atoms with Crippen LogP contribution >= 0.6 is 0 Å². The minimum absolute atomic E-state index is 0.00855. The number of carbonyl (C=O) groups is 1. The van der Waals surface area contributed by atoms with Gasteiger partial charge in [-0.2, -0.15) is 0 Å². The molecule has 0 aromatic carbocycles. The summed E-state index contributed by atoms with van der Waals surface area (Å²) in [6, 6.07) is 0. The Kier molecular flexibility index (Phi) is 24.5. The Balaban J connectivity index is 3.26. The Morgan fingerprint density at radius 2 is 1.00 bits per heavy atom. The standard InChI is InChI=1S/C29H56NO.Na/c1-5-7-8-9-10-11-12-13-14-15-16-17-18-19-20-21-22-23-24-25-26-27-29(3,4)30-28(31)6-2;/h6H,2-3,5,7-27H2,1,4H3,(H,30,31);. The van der Waals surface area contributed by atoms with Crippen molar-refractivity contribution in [3.8, 4) is 0 Å². The molecule has 1 amide bonds. The van der Waals surface area contributed by atoms with Gasteiger partial charge in [-0.05, 0) is 0 Å². The summed E-state index contributed by atoms with van der Waals surface area (Å²) in [4.78, 5) is 11.6. The molecule has 0 aliphatic carbocycles. The summed E-state index contributed by atoms with van der Waals surface area (Å²) < 4.78 is 1.12. The minimum Gasteiger partial charge on any atom is -0.0654 e. The molecule has 1 unspecified atom stereocenters. The summed E-state index contributed by atoms with van der Waals surface area (Å²) in [5, 5.41) is 3.13. The van der Waals surface area contributed by atoms with Gasteiger partial charge in [-0.15, -0.1) is 0 Å². The van der Waals surface area contributed by atoms with Crippen molar-refractivity contribution in [2.75, 3.05) is 0 Å². The molecule has 3 heteroatoms. The average molecular weight is 458 g/mol. The van der Waals surface area contributed by atoms with Gasteiger partial charge >= 0.3 is 137 Å². The van der Waals surface area contributed by atoms with Crippen LogP contribution in [-0.2, 0) is 4.79 Å². The fourth-order valence-electron chi connectivity index (χ4n) is 4.62. The number of amides is 1. The summed E-state index contributed by atoms with van der Waals surface area (Å²) in [6.07, 6.45) is 32.4. The minimum atomic E-state index is -0.0214. The van der Waals surface area contributed by atoms with Gasteiger partial charge in [0.05, 0.1) is 0 Å². The molecule has 184 valence electrons. The molecule has 0 heterocycles. The van der Waals surface area contributed by atoms with Crippen molar-refractivity contribution in [2.45, 2.75) is 164 Å². The summed E-state index contributed by atoms with van der Waals surface area (Å²) in [6.45, 7) is 8.06. The van der Waals surface area contributed by atoms with E-state index in [0.29, 0.717) is 0 Å². The maximum atomic E-state index is 11.6. The SMILES string of the molecule is C=CC(=O)NC(C)([CH2][Na])CCCCCCCCCCCCCCCCCCCCCCC. The Morgan fingerprint density at radius 1 is 0.688 bits per heavy atom. The van der Waals surface area contributed by atoms with E-state index in [1.165, 1.54) is 141 Å². The van der Waals surface area contributed by atoms with Gasteiger partial charge in [0, 0.05) is 0 Å². The molecule has 0 aliphatic rings. The van der Waals surface area contributed by atoms with Crippen LogP contribution in [0.1, 0.15) is 155 Å². The second-order valence-corrected chi connectivity index (χ2v) is 11.1. The average Bonchev–Trinajstić information content (AvgIpc) is 2.80. The molecule has 0 aromatic rings. The van der Waals surface area contributed by atoms with Gasteiger partial charge in [0.2, 0.25) is 0 Å². The third kappa shape index (κ3) is 22.0. The third-order valence-electron chi connectivity index (χ3n) is 7.22. The summed E-state index contributed by atoms with van der Waals surface area (Å²) in [7, 11) is 0. The molecule has 0 rings (SSSR count). The first kappa shape index (κ1) is 32.2. The first-order valence-electron chi connectivity index (χ1n) is 14.5. The molecule has 0 fully saturated rings. The molecule has 1 N–H and O–H groups in total. The fraction of sp³-hybridized carbons (Fsp3) is 0.897. The van der Waals surface area contributed by atoms with Crippen molar-refractivity contribution in [1.82, 2.24) is 5.32 Å². The number of unbranched alkanes of at least 4 members (excludes halogenated alkanes) is 20.